The van der Waals surface area contributed by atoms with Gasteiger partial charge in [0.2, 0.25) is 5.43 Å². The van der Waals surface area contributed by atoms with Gasteiger partial charge in [0.25, 0.3) is 0 Å². The smallest absolute Gasteiger partial charge is 0.201 e. The molecule has 0 unspecified atom stereocenters. The zero-order valence-electron chi connectivity index (χ0n) is 14.7. The van der Waals surface area contributed by atoms with Crippen molar-refractivity contribution in [2.45, 2.75) is 11.8 Å². The molecule has 136 valence electrons. The molecule has 0 fully saturated rings. The summed E-state index contributed by atoms with van der Waals surface area (Å²) >= 11 is 1.52. The van der Waals surface area contributed by atoms with Crippen molar-refractivity contribution in [3.8, 4) is 21.8 Å². The maximum Gasteiger partial charge on any atom is 0.201 e. The molecule has 6 heteroatoms. The third-order valence-electron chi connectivity index (χ3n) is 4.33. The number of para-hydroxylation sites is 1. The average molecular weight is 396 g/mol. The van der Waals surface area contributed by atoms with Crippen LogP contribution in [-0.2, 0) is 9.84 Å². The molecule has 0 saturated heterocycles. The van der Waals surface area contributed by atoms with Gasteiger partial charge in [-0.25, -0.2) is 8.42 Å². The van der Waals surface area contributed by atoms with Gasteiger partial charge in [-0.05, 0) is 55.5 Å². The first-order valence-electron chi connectivity index (χ1n) is 8.28. The standard InChI is InChI=1S/C21H16O4S2/c1-13-7-12-18(26-13)19-20(22)16-5-3-4-6-17(16)25-21(19)14-8-10-15(11-9-14)27(2,23)24/h3-12H,1-2H3. The van der Waals surface area contributed by atoms with Gasteiger partial charge in [0.05, 0.1) is 15.8 Å². The highest BCUT2D eigenvalue weighted by molar-refractivity contribution is 7.90. The number of hydrogen-bond acceptors (Lipinski definition) is 5. The second-order valence-corrected chi connectivity index (χ2v) is 9.64. The quantitative estimate of drug-likeness (QED) is 0.494. The molecule has 4 aromatic rings. The zero-order valence-corrected chi connectivity index (χ0v) is 16.4. The lowest BCUT2D eigenvalue weighted by Gasteiger charge is -2.10. The van der Waals surface area contributed by atoms with Crippen LogP contribution < -0.4 is 5.43 Å². The molecule has 0 saturated carbocycles. The number of thiophene rings is 1. The monoisotopic (exact) mass is 396 g/mol. The van der Waals surface area contributed by atoms with E-state index in [1.165, 1.54) is 23.5 Å². The molecule has 4 rings (SSSR count). The van der Waals surface area contributed by atoms with Crippen LogP contribution in [0.4, 0.5) is 0 Å². The molecule has 4 nitrogen and oxygen atoms in total. The molecule has 0 aliphatic heterocycles. The van der Waals surface area contributed by atoms with E-state index < -0.39 is 9.84 Å². The Kier molecular flexibility index (Phi) is 4.25. The van der Waals surface area contributed by atoms with Crippen molar-refractivity contribution < 1.29 is 12.8 Å². The Morgan fingerprint density at radius 3 is 2.26 bits per heavy atom. The Labute approximate surface area is 160 Å². The van der Waals surface area contributed by atoms with Crippen molar-refractivity contribution in [3.63, 3.8) is 0 Å². The summed E-state index contributed by atoms with van der Waals surface area (Å²) in [5.74, 6) is 0.445. The highest BCUT2D eigenvalue weighted by Gasteiger charge is 2.19. The van der Waals surface area contributed by atoms with Crippen molar-refractivity contribution in [3.05, 3.63) is 75.8 Å². The van der Waals surface area contributed by atoms with Gasteiger partial charge >= 0.3 is 0 Å². The highest BCUT2D eigenvalue weighted by Crippen LogP contribution is 2.36. The van der Waals surface area contributed by atoms with E-state index in [2.05, 4.69) is 0 Å². The number of rotatable bonds is 3. The average Bonchev–Trinajstić information content (AvgIpc) is 3.07. The Hall–Kier alpha value is -2.70. The lowest BCUT2D eigenvalue weighted by Crippen LogP contribution is -2.06. The van der Waals surface area contributed by atoms with Crippen LogP contribution in [0.3, 0.4) is 0 Å². The van der Waals surface area contributed by atoms with Crippen LogP contribution in [0.15, 0.2) is 74.8 Å². The minimum atomic E-state index is -3.29. The molecular weight excluding hydrogens is 380 g/mol. The third kappa shape index (κ3) is 3.22. The molecule has 0 atom stereocenters. The normalized spacial score (nSPS) is 11.8. The van der Waals surface area contributed by atoms with E-state index in [1.54, 1.807) is 24.3 Å². The van der Waals surface area contributed by atoms with Crippen molar-refractivity contribution in [2.75, 3.05) is 6.26 Å². The van der Waals surface area contributed by atoms with Crippen molar-refractivity contribution in [2.24, 2.45) is 0 Å². The molecule has 0 amide bonds. The van der Waals surface area contributed by atoms with Gasteiger partial charge in [-0.15, -0.1) is 11.3 Å². The molecule has 0 bridgehead atoms. The van der Waals surface area contributed by atoms with E-state index in [4.69, 9.17) is 4.42 Å². The fraction of sp³-hybridized carbons (Fsp3) is 0.0952. The van der Waals surface area contributed by atoms with E-state index in [1.807, 2.05) is 31.2 Å². The van der Waals surface area contributed by atoms with E-state index in [0.717, 1.165) is 16.0 Å². The second kappa shape index (κ2) is 6.48. The van der Waals surface area contributed by atoms with E-state index >= 15 is 0 Å². The number of benzene rings is 2. The van der Waals surface area contributed by atoms with Crippen molar-refractivity contribution in [1.29, 1.82) is 0 Å². The number of fused-ring (bicyclic) bond motifs is 1. The Bertz CT molecular complexity index is 1310. The zero-order chi connectivity index (χ0) is 19.2. The summed E-state index contributed by atoms with van der Waals surface area (Å²) in [6.45, 7) is 1.98. The fourth-order valence-electron chi connectivity index (χ4n) is 2.99. The summed E-state index contributed by atoms with van der Waals surface area (Å²) in [6, 6.07) is 17.4. The van der Waals surface area contributed by atoms with Gasteiger partial charge in [0.1, 0.15) is 11.3 Å². The predicted octanol–water partition coefficient (Wildman–Crippen LogP) is 4.90. The minimum absolute atomic E-state index is 0.0964. The van der Waals surface area contributed by atoms with E-state index in [0.29, 0.717) is 27.9 Å². The predicted molar refractivity (Wildman–Crippen MR) is 109 cm³/mol. The summed E-state index contributed by atoms with van der Waals surface area (Å²) in [6.07, 6.45) is 1.16. The first-order valence-corrected chi connectivity index (χ1v) is 11.0. The summed E-state index contributed by atoms with van der Waals surface area (Å²) in [5.41, 5.74) is 1.56. The first-order chi connectivity index (χ1) is 12.8. The maximum atomic E-state index is 13.2. The Morgan fingerprint density at radius 1 is 0.926 bits per heavy atom. The third-order valence-corrected chi connectivity index (χ3v) is 6.48. The molecule has 27 heavy (non-hydrogen) atoms. The molecule has 0 aliphatic rings. The van der Waals surface area contributed by atoms with Crippen LogP contribution >= 0.6 is 11.3 Å². The minimum Gasteiger partial charge on any atom is -0.455 e. The van der Waals surface area contributed by atoms with Gasteiger partial charge in [-0.1, -0.05) is 12.1 Å². The Balaban J connectivity index is 2.03. The van der Waals surface area contributed by atoms with Crippen LogP contribution in [0.1, 0.15) is 4.88 Å². The van der Waals surface area contributed by atoms with Crippen LogP contribution in [0.5, 0.6) is 0 Å². The van der Waals surface area contributed by atoms with E-state index in [-0.39, 0.29) is 10.3 Å². The van der Waals surface area contributed by atoms with Gasteiger partial charge in [0.15, 0.2) is 9.84 Å². The van der Waals surface area contributed by atoms with Crippen LogP contribution in [0.2, 0.25) is 0 Å². The van der Waals surface area contributed by atoms with Crippen LogP contribution in [0, 0.1) is 6.92 Å². The van der Waals surface area contributed by atoms with Gasteiger partial charge in [0, 0.05) is 21.6 Å². The summed E-state index contributed by atoms with van der Waals surface area (Å²) in [5, 5.41) is 0.523. The van der Waals surface area contributed by atoms with E-state index in [9.17, 15) is 13.2 Å². The molecule has 0 aliphatic carbocycles. The summed E-state index contributed by atoms with van der Waals surface area (Å²) in [7, 11) is -3.29. The highest BCUT2D eigenvalue weighted by atomic mass is 32.2. The molecule has 2 heterocycles. The number of aryl methyl sites for hydroxylation is 1. The number of hydrogen-bond donors (Lipinski definition) is 0. The SMILES string of the molecule is Cc1ccc(-c2c(-c3ccc(S(C)(=O)=O)cc3)oc3ccccc3c2=O)s1. The second-order valence-electron chi connectivity index (χ2n) is 6.34. The Morgan fingerprint density at radius 2 is 1.63 bits per heavy atom. The van der Waals surface area contributed by atoms with Crippen molar-refractivity contribution in [1.82, 2.24) is 0 Å². The number of sulfone groups is 1. The maximum absolute atomic E-state index is 13.2. The fourth-order valence-corrected chi connectivity index (χ4v) is 4.53. The largest absolute Gasteiger partial charge is 0.455 e. The summed E-state index contributed by atoms with van der Waals surface area (Å²) in [4.78, 5) is 15.4. The molecule has 0 N–H and O–H groups in total. The van der Waals surface area contributed by atoms with Crippen LogP contribution in [0.25, 0.3) is 32.7 Å². The first kappa shape index (κ1) is 17.7. The topological polar surface area (TPSA) is 64.3 Å². The molecule has 0 spiro atoms. The van der Waals surface area contributed by atoms with Gasteiger partial charge in [-0.2, -0.15) is 0 Å². The molecule has 2 aromatic carbocycles. The molecule has 2 aromatic heterocycles. The van der Waals surface area contributed by atoms with Gasteiger partial charge in [-0.3, -0.25) is 4.79 Å². The summed E-state index contributed by atoms with van der Waals surface area (Å²) < 4.78 is 29.6. The molecular formula is C21H16O4S2. The van der Waals surface area contributed by atoms with Crippen LogP contribution in [-0.4, -0.2) is 14.7 Å². The molecule has 0 radical (unpaired) electrons. The lowest BCUT2D eigenvalue weighted by atomic mass is 10.0. The van der Waals surface area contributed by atoms with Gasteiger partial charge < -0.3 is 4.42 Å². The lowest BCUT2D eigenvalue weighted by molar-refractivity contribution is 0.601. The van der Waals surface area contributed by atoms with Crippen molar-refractivity contribution >= 4 is 32.1 Å².